The van der Waals surface area contributed by atoms with Crippen LogP contribution < -0.4 is 0 Å². The Morgan fingerprint density at radius 2 is 2.00 bits per heavy atom. The number of halogens is 1. The topological polar surface area (TPSA) is 77.1 Å². The van der Waals surface area contributed by atoms with E-state index >= 15 is 0 Å². The molecule has 1 amide bonds. The highest BCUT2D eigenvalue weighted by Crippen LogP contribution is 2.30. The van der Waals surface area contributed by atoms with E-state index < -0.39 is 0 Å². The Morgan fingerprint density at radius 1 is 1.19 bits per heavy atom. The van der Waals surface area contributed by atoms with Crippen LogP contribution in [0.5, 0.6) is 0 Å². The molecule has 1 aliphatic heterocycles. The van der Waals surface area contributed by atoms with Crippen LogP contribution in [-0.2, 0) is 26.4 Å². The van der Waals surface area contributed by atoms with Crippen molar-refractivity contribution < 1.29 is 13.7 Å². The monoisotopic (exact) mass is 431 g/mol. The molecule has 5 rings (SSSR count). The van der Waals surface area contributed by atoms with E-state index in [0.29, 0.717) is 42.2 Å². The van der Waals surface area contributed by atoms with Crippen molar-refractivity contribution in [3.05, 3.63) is 76.7 Å². The zero-order valence-electron chi connectivity index (χ0n) is 17.9. The number of hydrogen-bond donors (Lipinski definition) is 0. The summed E-state index contributed by atoms with van der Waals surface area (Å²) in [6.07, 6.45) is 1.62. The summed E-state index contributed by atoms with van der Waals surface area (Å²) < 4.78 is 20.8. The molecule has 0 saturated heterocycles. The molecule has 2 aromatic heterocycles. The third-order valence-corrected chi connectivity index (χ3v) is 5.85. The standard InChI is InChI=1S/C24H22FN5O2/c1-3-15-7-9-16(10-8-15)24(31)30-12-11-20-19(14-30)21(27-29(20)2)23-26-22(28-32-23)17-5-4-6-18(25)13-17/h4-10,13H,3,11-12,14H2,1-2H3. The van der Waals surface area contributed by atoms with Gasteiger partial charge in [0.1, 0.15) is 5.82 Å². The molecule has 3 heterocycles. The summed E-state index contributed by atoms with van der Waals surface area (Å²) in [7, 11) is 1.87. The van der Waals surface area contributed by atoms with Gasteiger partial charge in [0.05, 0.1) is 6.54 Å². The lowest BCUT2D eigenvalue weighted by molar-refractivity contribution is 0.0733. The third kappa shape index (κ3) is 3.57. The van der Waals surface area contributed by atoms with Gasteiger partial charge in [-0.05, 0) is 36.2 Å². The molecule has 0 saturated carbocycles. The van der Waals surface area contributed by atoms with Gasteiger partial charge in [0.25, 0.3) is 11.8 Å². The van der Waals surface area contributed by atoms with E-state index in [1.807, 2.05) is 36.2 Å². The fourth-order valence-electron chi connectivity index (χ4n) is 4.07. The molecule has 0 radical (unpaired) electrons. The van der Waals surface area contributed by atoms with Crippen LogP contribution in [0.3, 0.4) is 0 Å². The minimum atomic E-state index is -0.370. The average Bonchev–Trinajstić information content (AvgIpc) is 3.43. The molecule has 0 fully saturated rings. The van der Waals surface area contributed by atoms with E-state index in [1.54, 1.807) is 16.8 Å². The average molecular weight is 431 g/mol. The van der Waals surface area contributed by atoms with E-state index in [1.165, 1.54) is 17.7 Å². The lowest BCUT2D eigenvalue weighted by Gasteiger charge is -2.27. The zero-order chi connectivity index (χ0) is 22.2. The van der Waals surface area contributed by atoms with Gasteiger partial charge in [-0.15, -0.1) is 0 Å². The molecule has 0 bridgehead atoms. The molecule has 7 nitrogen and oxygen atoms in total. The number of benzene rings is 2. The van der Waals surface area contributed by atoms with Gasteiger partial charge in [0, 0.05) is 42.4 Å². The van der Waals surface area contributed by atoms with Crippen LogP contribution in [0.1, 0.15) is 34.1 Å². The van der Waals surface area contributed by atoms with E-state index in [4.69, 9.17) is 4.52 Å². The number of hydrogen-bond acceptors (Lipinski definition) is 5. The van der Waals surface area contributed by atoms with Crippen LogP contribution in [0.25, 0.3) is 23.0 Å². The summed E-state index contributed by atoms with van der Waals surface area (Å²) >= 11 is 0. The van der Waals surface area contributed by atoms with Gasteiger partial charge in [-0.25, -0.2) is 4.39 Å². The van der Waals surface area contributed by atoms with Crippen molar-refractivity contribution in [2.45, 2.75) is 26.3 Å². The third-order valence-electron chi connectivity index (χ3n) is 5.85. The maximum Gasteiger partial charge on any atom is 0.279 e. The van der Waals surface area contributed by atoms with Gasteiger partial charge in [0.2, 0.25) is 5.82 Å². The van der Waals surface area contributed by atoms with Crippen molar-refractivity contribution in [1.82, 2.24) is 24.8 Å². The Bertz CT molecular complexity index is 1290. The van der Waals surface area contributed by atoms with Crippen molar-refractivity contribution in [3.8, 4) is 23.0 Å². The zero-order valence-corrected chi connectivity index (χ0v) is 17.9. The summed E-state index contributed by atoms with van der Waals surface area (Å²) in [5.41, 5.74) is 4.88. The van der Waals surface area contributed by atoms with Gasteiger partial charge in [-0.1, -0.05) is 36.3 Å². The van der Waals surface area contributed by atoms with Gasteiger partial charge >= 0.3 is 0 Å². The maximum atomic E-state index is 13.6. The van der Waals surface area contributed by atoms with Gasteiger partial charge < -0.3 is 9.42 Å². The van der Waals surface area contributed by atoms with E-state index in [-0.39, 0.29) is 17.6 Å². The predicted octanol–water partition coefficient (Wildman–Crippen LogP) is 4.04. The van der Waals surface area contributed by atoms with Gasteiger partial charge in [0.15, 0.2) is 5.69 Å². The summed E-state index contributed by atoms with van der Waals surface area (Å²) in [4.78, 5) is 19.4. The number of carbonyl (C=O) groups is 1. The van der Waals surface area contributed by atoms with E-state index in [9.17, 15) is 9.18 Å². The number of carbonyl (C=O) groups excluding carboxylic acids is 1. The fraction of sp³-hybridized carbons (Fsp3) is 0.250. The molecular formula is C24H22FN5O2. The first-order chi connectivity index (χ1) is 15.5. The molecule has 1 aliphatic rings. The molecule has 0 aliphatic carbocycles. The second-order valence-electron chi connectivity index (χ2n) is 7.86. The molecule has 32 heavy (non-hydrogen) atoms. The van der Waals surface area contributed by atoms with Crippen LogP contribution in [0, 0.1) is 5.82 Å². The lowest BCUT2D eigenvalue weighted by atomic mass is 10.0. The number of rotatable bonds is 4. The van der Waals surface area contributed by atoms with Crippen LogP contribution >= 0.6 is 0 Å². The highest BCUT2D eigenvalue weighted by molar-refractivity contribution is 5.94. The Morgan fingerprint density at radius 3 is 2.75 bits per heavy atom. The molecular weight excluding hydrogens is 409 g/mol. The Labute approximate surface area is 184 Å². The SMILES string of the molecule is CCc1ccc(C(=O)N2CCc3c(c(-c4nc(-c5cccc(F)c5)no4)nn3C)C2)cc1. The van der Waals surface area contributed by atoms with Crippen LogP contribution in [0.15, 0.2) is 53.1 Å². The summed E-state index contributed by atoms with van der Waals surface area (Å²) in [5.74, 6) is 0.158. The van der Waals surface area contributed by atoms with Crippen molar-refractivity contribution in [3.63, 3.8) is 0 Å². The fourth-order valence-corrected chi connectivity index (χ4v) is 4.07. The van der Waals surface area contributed by atoms with Crippen LogP contribution in [0.2, 0.25) is 0 Å². The van der Waals surface area contributed by atoms with Crippen molar-refractivity contribution in [2.24, 2.45) is 7.05 Å². The number of aryl methyl sites for hydroxylation is 2. The lowest BCUT2D eigenvalue weighted by Crippen LogP contribution is -2.36. The summed E-state index contributed by atoms with van der Waals surface area (Å²) in [5, 5.41) is 8.58. The smallest absolute Gasteiger partial charge is 0.279 e. The number of fused-ring (bicyclic) bond motifs is 1. The largest absolute Gasteiger partial charge is 0.334 e. The second-order valence-corrected chi connectivity index (χ2v) is 7.86. The first-order valence-corrected chi connectivity index (χ1v) is 10.6. The second kappa shape index (κ2) is 8.03. The molecule has 8 heteroatoms. The predicted molar refractivity (Wildman–Crippen MR) is 116 cm³/mol. The van der Waals surface area contributed by atoms with Crippen LogP contribution in [0.4, 0.5) is 4.39 Å². The maximum absolute atomic E-state index is 13.6. The molecule has 0 atom stereocenters. The van der Waals surface area contributed by atoms with Crippen molar-refractivity contribution >= 4 is 5.91 Å². The Kier molecular flexibility index (Phi) is 5.05. The molecule has 0 unspecified atom stereocenters. The molecule has 4 aromatic rings. The van der Waals surface area contributed by atoms with Crippen molar-refractivity contribution in [1.29, 1.82) is 0 Å². The van der Waals surface area contributed by atoms with E-state index in [0.717, 1.165) is 17.7 Å². The van der Waals surface area contributed by atoms with Gasteiger partial charge in [-0.2, -0.15) is 10.1 Å². The van der Waals surface area contributed by atoms with Crippen molar-refractivity contribution in [2.75, 3.05) is 6.54 Å². The Hall–Kier alpha value is -3.81. The highest BCUT2D eigenvalue weighted by Gasteiger charge is 2.30. The first kappa shape index (κ1) is 20.1. The molecule has 2 aromatic carbocycles. The summed E-state index contributed by atoms with van der Waals surface area (Å²) in [6, 6.07) is 13.8. The van der Waals surface area contributed by atoms with E-state index in [2.05, 4.69) is 22.2 Å². The number of aromatic nitrogens is 4. The molecule has 0 spiro atoms. The highest BCUT2D eigenvalue weighted by atomic mass is 19.1. The number of nitrogens with zero attached hydrogens (tertiary/aromatic N) is 5. The molecule has 0 N–H and O–H groups in total. The first-order valence-electron chi connectivity index (χ1n) is 10.6. The van der Waals surface area contributed by atoms with Crippen LogP contribution in [-0.4, -0.2) is 37.3 Å². The normalized spacial score (nSPS) is 13.3. The minimum Gasteiger partial charge on any atom is -0.334 e. The quantitative estimate of drug-likeness (QED) is 0.487. The Balaban J connectivity index is 1.44. The summed E-state index contributed by atoms with van der Waals surface area (Å²) in [6.45, 7) is 3.10. The minimum absolute atomic E-state index is 0.0147. The van der Waals surface area contributed by atoms with Gasteiger partial charge in [-0.3, -0.25) is 9.48 Å². The molecule has 162 valence electrons. The number of amides is 1.